The zero-order valence-corrected chi connectivity index (χ0v) is 11.7. The van der Waals surface area contributed by atoms with Crippen molar-refractivity contribution in [2.75, 3.05) is 20.3 Å². The summed E-state index contributed by atoms with van der Waals surface area (Å²) in [6.07, 6.45) is 3.09. The molecule has 3 atom stereocenters. The van der Waals surface area contributed by atoms with Gasteiger partial charge in [-0.15, -0.1) is 0 Å². The van der Waals surface area contributed by atoms with Crippen LogP contribution in [0.3, 0.4) is 0 Å². The van der Waals surface area contributed by atoms with Crippen molar-refractivity contribution in [3.05, 3.63) is 0 Å². The van der Waals surface area contributed by atoms with Crippen LogP contribution in [-0.2, 0) is 23.9 Å². The van der Waals surface area contributed by atoms with Gasteiger partial charge in [-0.1, -0.05) is 0 Å². The zero-order valence-electron chi connectivity index (χ0n) is 11.7. The SMILES string of the molecule is COC(=O)[C@H](NC(=O)[C@@H]1CCOC1)[C@H]1CCCC(=O)C1. The van der Waals surface area contributed by atoms with Crippen molar-refractivity contribution in [3.63, 3.8) is 0 Å². The molecule has 1 aliphatic heterocycles. The number of esters is 1. The molecule has 2 fully saturated rings. The standard InChI is InChI=1S/C14H21NO5/c1-19-14(18)12(9-3-2-4-11(16)7-9)15-13(17)10-5-6-20-8-10/h9-10,12H,2-8H2,1H3,(H,15,17)/t9-,10+,12+/m0/s1. The zero-order chi connectivity index (χ0) is 14.5. The van der Waals surface area contributed by atoms with Gasteiger partial charge in [0.05, 0.1) is 19.6 Å². The van der Waals surface area contributed by atoms with E-state index in [0.717, 1.165) is 12.8 Å². The van der Waals surface area contributed by atoms with Crippen molar-refractivity contribution in [3.8, 4) is 0 Å². The lowest BCUT2D eigenvalue weighted by atomic mass is 9.83. The van der Waals surface area contributed by atoms with Crippen LogP contribution in [0.25, 0.3) is 0 Å². The predicted octanol–water partition coefficient (Wildman–Crippen LogP) is 0.440. The van der Waals surface area contributed by atoms with E-state index in [2.05, 4.69) is 5.32 Å². The fourth-order valence-electron chi connectivity index (χ4n) is 2.85. The molecule has 112 valence electrons. The molecule has 1 N–H and O–H groups in total. The highest BCUT2D eigenvalue weighted by Crippen LogP contribution is 2.25. The second kappa shape index (κ2) is 6.83. The van der Waals surface area contributed by atoms with Crippen molar-refractivity contribution in [2.24, 2.45) is 11.8 Å². The number of methoxy groups -OCH3 is 1. The van der Waals surface area contributed by atoms with Crippen LogP contribution in [0, 0.1) is 11.8 Å². The Morgan fingerprint density at radius 3 is 2.80 bits per heavy atom. The maximum atomic E-state index is 12.1. The second-order valence-corrected chi connectivity index (χ2v) is 5.47. The molecule has 1 saturated heterocycles. The maximum Gasteiger partial charge on any atom is 0.328 e. The molecule has 6 nitrogen and oxygen atoms in total. The molecule has 0 spiro atoms. The molecule has 1 heterocycles. The number of ether oxygens (including phenoxy) is 2. The molecule has 20 heavy (non-hydrogen) atoms. The number of carbonyl (C=O) groups excluding carboxylic acids is 3. The van der Waals surface area contributed by atoms with E-state index < -0.39 is 12.0 Å². The summed E-state index contributed by atoms with van der Waals surface area (Å²) in [5, 5.41) is 2.75. The molecule has 0 aromatic rings. The third-order valence-electron chi connectivity index (χ3n) is 4.05. The minimum absolute atomic E-state index is 0.147. The van der Waals surface area contributed by atoms with Crippen LogP contribution >= 0.6 is 0 Å². The van der Waals surface area contributed by atoms with E-state index in [1.165, 1.54) is 7.11 Å². The lowest BCUT2D eigenvalue weighted by Crippen LogP contribution is -2.49. The van der Waals surface area contributed by atoms with Gasteiger partial charge in [-0.25, -0.2) is 4.79 Å². The van der Waals surface area contributed by atoms with Crippen LogP contribution in [0.2, 0.25) is 0 Å². The van der Waals surface area contributed by atoms with Crippen molar-refractivity contribution >= 4 is 17.7 Å². The van der Waals surface area contributed by atoms with Crippen LogP contribution in [0.5, 0.6) is 0 Å². The molecule has 2 rings (SSSR count). The number of ketones is 1. The predicted molar refractivity (Wildman–Crippen MR) is 69.8 cm³/mol. The van der Waals surface area contributed by atoms with Gasteiger partial charge in [0, 0.05) is 19.4 Å². The Balaban J connectivity index is 2.01. The summed E-state index contributed by atoms with van der Waals surface area (Å²) in [6.45, 7) is 0.964. The molecule has 6 heteroatoms. The van der Waals surface area contributed by atoms with Gasteiger partial charge >= 0.3 is 5.97 Å². The van der Waals surface area contributed by atoms with Crippen LogP contribution in [0.15, 0.2) is 0 Å². The summed E-state index contributed by atoms with van der Waals surface area (Å²) < 4.78 is 9.95. The summed E-state index contributed by atoms with van der Waals surface area (Å²) in [7, 11) is 1.30. The van der Waals surface area contributed by atoms with Crippen LogP contribution in [0.4, 0.5) is 0 Å². The first-order valence-corrected chi connectivity index (χ1v) is 7.09. The number of amides is 1. The van der Waals surface area contributed by atoms with Crippen LogP contribution < -0.4 is 5.32 Å². The Labute approximate surface area is 118 Å². The van der Waals surface area contributed by atoms with E-state index in [9.17, 15) is 14.4 Å². The number of rotatable bonds is 4. The quantitative estimate of drug-likeness (QED) is 0.757. The second-order valence-electron chi connectivity index (χ2n) is 5.47. The molecule has 2 aliphatic rings. The van der Waals surface area contributed by atoms with E-state index in [1.54, 1.807) is 0 Å². The van der Waals surface area contributed by atoms with E-state index in [0.29, 0.717) is 32.5 Å². The van der Waals surface area contributed by atoms with Gasteiger partial charge in [-0.3, -0.25) is 9.59 Å². The summed E-state index contributed by atoms with van der Waals surface area (Å²) >= 11 is 0. The molecule has 0 radical (unpaired) electrons. The summed E-state index contributed by atoms with van der Waals surface area (Å²) in [6, 6.07) is -0.725. The fourth-order valence-corrected chi connectivity index (χ4v) is 2.85. The molecule has 0 aromatic heterocycles. The van der Waals surface area contributed by atoms with Gasteiger partial charge in [-0.05, 0) is 25.2 Å². The number of hydrogen-bond donors (Lipinski definition) is 1. The smallest absolute Gasteiger partial charge is 0.328 e. The largest absolute Gasteiger partial charge is 0.467 e. The number of carbonyl (C=O) groups is 3. The Hall–Kier alpha value is -1.43. The first-order chi connectivity index (χ1) is 9.61. The maximum absolute atomic E-state index is 12.1. The average Bonchev–Trinajstić information content (AvgIpc) is 2.98. The topological polar surface area (TPSA) is 81.7 Å². The minimum atomic E-state index is -0.725. The van der Waals surface area contributed by atoms with E-state index in [4.69, 9.17) is 9.47 Å². The van der Waals surface area contributed by atoms with Crippen molar-refractivity contribution < 1.29 is 23.9 Å². The van der Waals surface area contributed by atoms with E-state index >= 15 is 0 Å². The Morgan fingerprint density at radius 2 is 2.20 bits per heavy atom. The number of nitrogens with one attached hydrogen (secondary N) is 1. The molecule has 1 aliphatic carbocycles. The lowest BCUT2D eigenvalue weighted by Gasteiger charge is -2.29. The minimum Gasteiger partial charge on any atom is -0.467 e. The fraction of sp³-hybridized carbons (Fsp3) is 0.786. The Kier molecular flexibility index (Phi) is 5.11. The molecule has 1 amide bonds. The third kappa shape index (κ3) is 3.56. The van der Waals surface area contributed by atoms with Gasteiger partial charge in [0.1, 0.15) is 11.8 Å². The molecule has 0 aromatic carbocycles. The van der Waals surface area contributed by atoms with E-state index in [1.807, 2.05) is 0 Å². The van der Waals surface area contributed by atoms with Crippen LogP contribution in [-0.4, -0.2) is 44.0 Å². The molecular formula is C14H21NO5. The van der Waals surface area contributed by atoms with E-state index in [-0.39, 0.29) is 23.5 Å². The van der Waals surface area contributed by atoms with Gasteiger partial charge < -0.3 is 14.8 Å². The van der Waals surface area contributed by atoms with Gasteiger partial charge in [-0.2, -0.15) is 0 Å². The highest BCUT2D eigenvalue weighted by atomic mass is 16.5. The van der Waals surface area contributed by atoms with Gasteiger partial charge in [0.15, 0.2) is 0 Å². The summed E-state index contributed by atoms with van der Waals surface area (Å²) in [4.78, 5) is 35.6. The summed E-state index contributed by atoms with van der Waals surface area (Å²) in [5.74, 6) is -0.877. The monoisotopic (exact) mass is 283 g/mol. The first kappa shape index (κ1) is 15.0. The first-order valence-electron chi connectivity index (χ1n) is 7.09. The highest BCUT2D eigenvalue weighted by molar-refractivity contribution is 5.87. The summed E-state index contributed by atoms with van der Waals surface area (Å²) in [5.41, 5.74) is 0. The Morgan fingerprint density at radius 1 is 1.40 bits per heavy atom. The van der Waals surface area contributed by atoms with Crippen molar-refractivity contribution in [1.82, 2.24) is 5.32 Å². The van der Waals surface area contributed by atoms with Gasteiger partial charge in [0.25, 0.3) is 0 Å². The molecule has 0 unspecified atom stereocenters. The molecular weight excluding hydrogens is 262 g/mol. The lowest BCUT2D eigenvalue weighted by molar-refractivity contribution is -0.148. The third-order valence-corrected chi connectivity index (χ3v) is 4.05. The van der Waals surface area contributed by atoms with Crippen LogP contribution in [0.1, 0.15) is 32.1 Å². The highest BCUT2D eigenvalue weighted by Gasteiger charge is 2.36. The van der Waals surface area contributed by atoms with Crippen molar-refractivity contribution in [1.29, 1.82) is 0 Å². The number of Topliss-reactive ketones (excluding diaryl/α,β-unsaturated/α-hetero) is 1. The normalized spacial score (nSPS) is 27.9. The number of hydrogen-bond acceptors (Lipinski definition) is 5. The Bertz CT molecular complexity index is 389. The average molecular weight is 283 g/mol. The molecule has 1 saturated carbocycles. The van der Waals surface area contributed by atoms with Crippen molar-refractivity contribution in [2.45, 2.75) is 38.1 Å². The van der Waals surface area contributed by atoms with Gasteiger partial charge in [0.2, 0.25) is 5.91 Å². The molecule has 0 bridgehead atoms.